The number of nitrogen functional groups attached to an aromatic ring is 1. The van der Waals surface area contributed by atoms with Gasteiger partial charge in [0, 0.05) is 16.3 Å². The number of nitrogens with two attached hydrogens (primary N) is 2. The summed E-state index contributed by atoms with van der Waals surface area (Å²) < 4.78 is 22.1. The SMILES string of the molecule is Nc1ccc(S(N)(=O)=O)cc1SCCO. The topological polar surface area (TPSA) is 106 Å². The number of hydrogen-bond donors (Lipinski definition) is 3. The fourth-order valence-electron chi connectivity index (χ4n) is 0.972. The van der Waals surface area contributed by atoms with Crippen molar-refractivity contribution in [3.05, 3.63) is 18.2 Å². The molecule has 5 N–H and O–H groups in total. The van der Waals surface area contributed by atoms with Crippen LogP contribution in [0.5, 0.6) is 0 Å². The lowest BCUT2D eigenvalue weighted by Gasteiger charge is -2.06. The average molecular weight is 248 g/mol. The van der Waals surface area contributed by atoms with Gasteiger partial charge in [0.05, 0.1) is 11.5 Å². The molecule has 0 spiro atoms. The van der Waals surface area contributed by atoms with Crippen molar-refractivity contribution in [1.29, 1.82) is 0 Å². The molecule has 0 aromatic heterocycles. The summed E-state index contributed by atoms with van der Waals surface area (Å²) in [5.74, 6) is 0.457. The first-order valence-electron chi connectivity index (χ1n) is 4.11. The highest BCUT2D eigenvalue weighted by molar-refractivity contribution is 7.99. The number of sulfonamides is 1. The minimum absolute atomic E-state index is 0.00368. The van der Waals surface area contributed by atoms with E-state index in [9.17, 15) is 8.42 Å². The standard InChI is InChI=1S/C8H12N2O3S2/c9-7-2-1-6(15(10,12)13)5-8(7)14-4-3-11/h1-2,5,11H,3-4,9H2,(H2,10,12,13). The van der Waals surface area contributed by atoms with E-state index in [0.29, 0.717) is 16.3 Å². The third kappa shape index (κ3) is 3.38. The van der Waals surface area contributed by atoms with Crippen LogP contribution in [0.25, 0.3) is 0 Å². The second-order valence-corrected chi connectivity index (χ2v) is 5.51. The molecule has 0 aliphatic carbocycles. The number of hydrogen-bond acceptors (Lipinski definition) is 5. The summed E-state index contributed by atoms with van der Waals surface area (Å²) in [6.07, 6.45) is 0. The molecule has 7 heteroatoms. The van der Waals surface area contributed by atoms with Crippen molar-refractivity contribution < 1.29 is 13.5 Å². The van der Waals surface area contributed by atoms with Crippen LogP contribution in [0.3, 0.4) is 0 Å². The van der Waals surface area contributed by atoms with Gasteiger partial charge in [-0.2, -0.15) is 0 Å². The molecular weight excluding hydrogens is 236 g/mol. The van der Waals surface area contributed by atoms with Gasteiger partial charge in [-0.15, -0.1) is 11.8 Å². The minimum atomic E-state index is -3.70. The van der Waals surface area contributed by atoms with Crippen LogP contribution >= 0.6 is 11.8 Å². The Hall–Kier alpha value is -0.760. The zero-order chi connectivity index (χ0) is 11.5. The molecule has 0 saturated heterocycles. The van der Waals surface area contributed by atoms with Crippen LogP contribution in [0, 0.1) is 0 Å². The van der Waals surface area contributed by atoms with Crippen molar-refractivity contribution in [2.75, 3.05) is 18.1 Å². The van der Waals surface area contributed by atoms with E-state index in [1.54, 1.807) is 0 Å². The molecule has 0 fully saturated rings. The molecule has 0 amide bonds. The van der Waals surface area contributed by atoms with Crippen LogP contribution in [0.2, 0.25) is 0 Å². The molecule has 84 valence electrons. The van der Waals surface area contributed by atoms with Crippen LogP contribution in [0.15, 0.2) is 28.0 Å². The maximum Gasteiger partial charge on any atom is 0.238 e. The molecule has 0 saturated carbocycles. The Kier molecular flexibility index (Phi) is 3.97. The second kappa shape index (κ2) is 4.84. The first-order chi connectivity index (χ1) is 6.95. The number of thioether (sulfide) groups is 1. The first-order valence-corrected chi connectivity index (χ1v) is 6.64. The molecule has 15 heavy (non-hydrogen) atoms. The molecule has 0 aliphatic rings. The van der Waals surface area contributed by atoms with Gasteiger partial charge in [0.2, 0.25) is 10.0 Å². The Morgan fingerprint density at radius 1 is 1.40 bits per heavy atom. The van der Waals surface area contributed by atoms with Gasteiger partial charge in [-0.25, -0.2) is 13.6 Å². The van der Waals surface area contributed by atoms with Crippen LogP contribution < -0.4 is 10.9 Å². The van der Waals surface area contributed by atoms with Gasteiger partial charge in [-0.1, -0.05) is 0 Å². The largest absolute Gasteiger partial charge is 0.398 e. The Bertz CT molecular complexity index is 445. The molecular formula is C8H12N2O3S2. The van der Waals surface area contributed by atoms with Gasteiger partial charge in [0.25, 0.3) is 0 Å². The average Bonchev–Trinajstić information content (AvgIpc) is 2.15. The number of aliphatic hydroxyl groups excluding tert-OH is 1. The summed E-state index contributed by atoms with van der Waals surface area (Å²) in [7, 11) is -3.70. The zero-order valence-corrected chi connectivity index (χ0v) is 9.51. The van der Waals surface area contributed by atoms with E-state index in [0.717, 1.165) is 0 Å². The fraction of sp³-hybridized carbons (Fsp3) is 0.250. The Morgan fingerprint density at radius 2 is 2.07 bits per heavy atom. The van der Waals surface area contributed by atoms with E-state index >= 15 is 0 Å². The van der Waals surface area contributed by atoms with Crippen molar-refractivity contribution in [2.45, 2.75) is 9.79 Å². The second-order valence-electron chi connectivity index (χ2n) is 2.82. The van der Waals surface area contributed by atoms with Crippen molar-refractivity contribution in [3.63, 3.8) is 0 Å². The van der Waals surface area contributed by atoms with Crippen molar-refractivity contribution in [3.8, 4) is 0 Å². The minimum Gasteiger partial charge on any atom is -0.398 e. The zero-order valence-electron chi connectivity index (χ0n) is 7.88. The Balaban J connectivity index is 3.06. The Labute approximate surface area is 92.5 Å². The van der Waals surface area contributed by atoms with Crippen LogP contribution in [-0.2, 0) is 10.0 Å². The molecule has 1 rings (SSSR count). The number of rotatable bonds is 4. The first kappa shape index (κ1) is 12.3. The van der Waals surface area contributed by atoms with E-state index in [1.165, 1.54) is 30.0 Å². The van der Waals surface area contributed by atoms with E-state index in [2.05, 4.69) is 0 Å². The van der Waals surface area contributed by atoms with Gasteiger partial charge in [0.1, 0.15) is 0 Å². The highest BCUT2D eigenvalue weighted by Gasteiger charge is 2.10. The summed E-state index contributed by atoms with van der Waals surface area (Å²) in [5.41, 5.74) is 6.11. The van der Waals surface area contributed by atoms with E-state index in [1.807, 2.05) is 0 Å². The van der Waals surface area contributed by atoms with Crippen molar-refractivity contribution >= 4 is 27.5 Å². The predicted molar refractivity (Wildman–Crippen MR) is 60.0 cm³/mol. The number of primary sulfonamides is 1. The summed E-state index contributed by atoms with van der Waals surface area (Å²) in [6, 6.07) is 4.25. The summed E-state index contributed by atoms with van der Waals surface area (Å²) in [6.45, 7) is 0.00368. The number of anilines is 1. The summed E-state index contributed by atoms with van der Waals surface area (Å²) >= 11 is 1.28. The van der Waals surface area contributed by atoms with Crippen LogP contribution in [0.4, 0.5) is 5.69 Å². The monoisotopic (exact) mass is 248 g/mol. The molecule has 0 atom stereocenters. The molecule has 5 nitrogen and oxygen atoms in total. The third-order valence-electron chi connectivity index (χ3n) is 1.66. The fourth-order valence-corrected chi connectivity index (χ4v) is 2.34. The highest BCUT2D eigenvalue weighted by atomic mass is 32.2. The normalized spacial score (nSPS) is 11.6. The predicted octanol–water partition coefficient (Wildman–Crippen LogP) is 0.000600. The Morgan fingerprint density at radius 3 is 2.60 bits per heavy atom. The van der Waals surface area contributed by atoms with Crippen LogP contribution in [0.1, 0.15) is 0 Å². The molecule has 0 unspecified atom stereocenters. The molecule has 0 aliphatic heterocycles. The molecule has 0 radical (unpaired) electrons. The van der Waals surface area contributed by atoms with Gasteiger partial charge in [-0.3, -0.25) is 0 Å². The third-order valence-corrected chi connectivity index (χ3v) is 3.62. The van der Waals surface area contributed by atoms with E-state index in [-0.39, 0.29) is 11.5 Å². The van der Waals surface area contributed by atoms with Gasteiger partial charge in [-0.05, 0) is 18.2 Å². The van der Waals surface area contributed by atoms with Gasteiger partial charge >= 0.3 is 0 Å². The summed E-state index contributed by atoms with van der Waals surface area (Å²) in [4.78, 5) is 0.632. The molecule has 1 aromatic carbocycles. The smallest absolute Gasteiger partial charge is 0.238 e. The molecule has 0 heterocycles. The van der Waals surface area contributed by atoms with Gasteiger partial charge in [0.15, 0.2) is 0 Å². The number of aliphatic hydroxyl groups is 1. The maximum absolute atomic E-state index is 11.0. The maximum atomic E-state index is 11.0. The van der Waals surface area contributed by atoms with Crippen molar-refractivity contribution in [2.24, 2.45) is 5.14 Å². The molecule has 0 bridgehead atoms. The quantitative estimate of drug-likeness (QED) is 0.513. The van der Waals surface area contributed by atoms with Crippen LogP contribution in [-0.4, -0.2) is 25.9 Å². The lowest BCUT2D eigenvalue weighted by atomic mass is 10.3. The van der Waals surface area contributed by atoms with E-state index in [4.69, 9.17) is 16.0 Å². The highest BCUT2D eigenvalue weighted by Crippen LogP contribution is 2.27. The summed E-state index contributed by atoms with van der Waals surface area (Å²) in [5, 5.41) is 13.6. The molecule has 1 aromatic rings. The van der Waals surface area contributed by atoms with Gasteiger partial charge < -0.3 is 10.8 Å². The lowest BCUT2D eigenvalue weighted by molar-refractivity contribution is 0.322. The number of benzene rings is 1. The van der Waals surface area contributed by atoms with Crippen molar-refractivity contribution in [1.82, 2.24) is 0 Å². The van der Waals surface area contributed by atoms with E-state index < -0.39 is 10.0 Å². The lowest BCUT2D eigenvalue weighted by Crippen LogP contribution is -2.12.